The average Bonchev–Trinajstić information content (AvgIpc) is 2.88. The van der Waals surface area contributed by atoms with Crippen LogP contribution in [-0.4, -0.2) is 34.7 Å². The molecule has 0 spiro atoms. The zero-order chi connectivity index (χ0) is 18.9. The van der Waals surface area contributed by atoms with E-state index in [-0.39, 0.29) is 23.0 Å². The molecule has 7 nitrogen and oxygen atoms in total. The van der Waals surface area contributed by atoms with Gasteiger partial charge in [-0.25, -0.2) is 0 Å². The fourth-order valence-corrected chi connectivity index (χ4v) is 3.01. The number of fused-ring (bicyclic) bond motifs is 1. The Kier molecular flexibility index (Phi) is 4.60. The first kappa shape index (κ1) is 17.8. The van der Waals surface area contributed by atoms with Gasteiger partial charge in [-0.2, -0.15) is 8.42 Å². The first-order valence-electron chi connectivity index (χ1n) is 7.51. The van der Waals surface area contributed by atoms with E-state index < -0.39 is 10.1 Å². The second-order valence-electron chi connectivity index (χ2n) is 5.47. The van der Waals surface area contributed by atoms with E-state index in [1.807, 2.05) is 0 Å². The molecule has 8 heteroatoms. The largest absolute Gasteiger partial charge is 0.493 e. The second kappa shape index (κ2) is 6.72. The molecule has 136 valence electrons. The van der Waals surface area contributed by atoms with Crippen LogP contribution in [0.4, 0.5) is 0 Å². The van der Waals surface area contributed by atoms with Crippen LogP contribution in [0.3, 0.4) is 0 Å². The summed E-state index contributed by atoms with van der Waals surface area (Å²) in [5.74, 6) is 1.05. The van der Waals surface area contributed by atoms with Gasteiger partial charge in [-0.1, -0.05) is 12.1 Å². The number of carbonyl (C=O) groups is 1. The van der Waals surface area contributed by atoms with E-state index >= 15 is 0 Å². The van der Waals surface area contributed by atoms with Crippen molar-refractivity contribution in [1.29, 1.82) is 0 Å². The van der Waals surface area contributed by atoms with Crippen molar-refractivity contribution < 1.29 is 31.6 Å². The minimum absolute atomic E-state index is 0.0688. The van der Waals surface area contributed by atoms with Gasteiger partial charge in [0.05, 0.1) is 26.0 Å². The van der Waals surface area contributed by atoms with E-state index in [4.69, 9.17) is 18.4 Å². The molecule has 2 aromatic rings. The number of methoxy groups -OCH3 is 2. The van der Waals surface area contributed by atoms with Crippen molar-refractivity contribution in [2.24, 2.45) is 0 Å². The van der Waals surface area contributed by atoms with Gasteiger partial charge in [0.1, 0.15) is 11.5 Å². The lowest BCUT2D eigenvalue weighted by Crippen LogP contribution is -2.05. The Labute approximate surface area is 150 Å². The van der Waals surface area contributed by atoms with Crippen molar-refractivity contribution in [2.45, 2.75) is 0 Å². The van der Waals surface area contributed by atoms with Crippen LogP contribution in [0.15, 0.2) is 42.2 Å². The zero-order valence-electron chi connectivity index (χ0n) is 14.3. The van der Waals surface area contributed by atoms with Crippen LogP contribution >= 0.6 is 0 Å². The minimum atomic E-state index is -3.67. The van der Waals surface area contributed by atoms with E-state index in [2.05, 4.69) is 0 Å². The molecule has 0 radical (unpaired) electrons. The molecule has 0 amide bonds. The van der Waals surface area contributed by atoms with Gasteiger partial charge >= 0.3 is 10.1 Å². The van der Waals surface area contributed by atoms with E-state index in [9.17, 15) is 13.2 Å². The maximum absolute atomic E-state index is 12.5. The Balaban J connectivity index is 1.97. The molecule has 1 aliphatic rings. The maximum atomic E-state index is 12.5. The van der Waals surface area contributed by atoms with E-state index in [1.165, 1.54) is 32.4 Å². The summed E-state index contributed by atoms with van der Waals surface area (Å²) < 4.78 is 43.4. The van der Waals surface area contributed by atoms with Crippen LogP contribution < -0.4 is 18.4 Å². The van der Waals surface area contributed by atoms with Gasteiger partial charge in [-0.3, -0.25) is 4.79 Å². The van der Waals surface area contributed by atoms with Crippen molar-refractivity contribution in [2.75, 3.05) is 20.5 Å². The fraction of sp³-hybridized carbons (Fsp3) is 0.167. The molecule has 0 unspecified atom stereocenters. The predicted molar refractivity (Wildman–Crippen MR) is 94.4 cm³/mol. The van der Waals surface area contributed by atoms with Crippen molar-refractivity contribution in [3.05, 3.63) is 53.3 Å². The smallest absolute Gasteiger partial charge is 0.306 e. The topological polar surface area (TPSA) is 88.1 Å². The zero-order valence-corrected chi connectivity index (χ0v) is 15.1. The third-order valence-corrected chi connectivity index (χ3v) is 4.10. The number of rotatable bonds is 5. The average molecular weight is 376 g/mol. The first-order chi connectivity index (χ1) is 12.3. The van der Waals surface area contributed by atoms with Crippen LogP contribution in [0, 0.1) is 0 Å². The monoisotopic (exact) mass is 376 g/mol. The molecule has 0 fully saturated rings. The van der Waals surface area contributed by atoms with Gasteiger partial charge in [0, 0.05) is 11.6 Å². The highest BCUT2D eigenvalue weighted by atomic mass is 32.2. The van der Waals surface area contributed by atoms with Gasteiger partial charge in [-0.05, 0) is 24.3 Å². The lowest BCUT2D eigenvalue weighted by Gasteiger charge is -2.10. The molecule has 0 aliphatic carbocycles. The third-order valence-electron chi connectivity index (χ3n) is 3.61. The van der Waals surface area contributed by atoms with Crippen molar-refractivity contribution in [3.8, 4) is 23.0 Å². The highest BCUT2D eigenvalue weighted by Crippen LogP contribution is 2.37. The minimum Gasteiger partial charge on any atom is -0.493 e. The molecule has 0 N–H and O–H groups in total. The molecule has 26 heavy (non-hydrogen) atoms. The number of benzene rings is 2. The summed E-state index contributed by atoms with van der Waals surface area (Å²) >= 11 is 0. The molecule has 0 saturated carbocycles. The summed E-state index contributed by atoms with van der Waals surface area (Å²) in [4.78, 5) is 12.5. The summed E-state index contributed by atoms with van der Waals surface area (Å²) in [7, 11) is -0.653. The molecule has 3 rings (SSSR count). The van der Waals surface area contributed by atoms with E-state index in [1.54, 1.807) is 24.3 Å². The molecular formula is C18H16O7S. The normalized spacial score (nSPS) is 14.7. The Morgan fingerprint density at radius 2 is 1.85 bits per heavy atom. The molecule has 1 aliphatic heterocycles. The maximum Gasteiger partial charge on any atom is 0.306 e. The number of Topliss-reactive ketones (excluding diaryl/α,β-unsaturated/α-hetero) is 1. The van der Waals surface area contributed by atoms with Gasteiger partial charge in [-0.15, -0.1) is 0 Å². The third kappa shape index (κ3) is 3.50. The van der Waals surface area contributed by atoms with Crippen LogP contribution in [0.2, 0.25) is 0 Å². The van der Waals surface area contributed by atoms with Crippen LogP contribution in [0.25, 0.3) is 6.08 Å². The van der Waals surface area contributed by atoms with Crippen molar-refractivity contribution in [3.63, 3.8) is 0 Å². The first-order valence-corrected chi connectivity index (χ1v) is 9.33. The summed E-state index contributed by atoms with van der Waals surface area (Å²) in [5, 5.41) is 0. The Hall–Kier alpha value is -3.00. The molecule has 2 aromatic carbocycles. The summed E-state index contributed by atoms with van der Waals surface area (Å²) in [6.45, 7) is 0. The number of hydrogen-bond donors (Lipinski definition) is 0. The lowest BCUT2D eigenvalue weighted by atomic mass is 10.1. The molecule has 1 heterocycles. The number of allylic oxidation sites excluding steroid dienone is 1. The van der Waals surface area contributed by atoms with Crippen molar-refractivity contribution in [1.82, 2.24) is 0 Å². The summed E-state index contributed by atoms with van der Waals surface area (Å²) in [6, 6.07) is 9.47. The summed E-state index contributed by atoms with van der Waals surface area (Å²) in [5.41, 5.74) is 0.926. The summed E-state index contributed by atoms with van der Waals surface area (Å²) in [6.07, 6.45) is 2.48. The molecule has 0 bridgehead atoms. The standard InChI is InChI=1S/C18H16O7S/c1-22-14-6-4-5-11(18(14)23-2)9-16-17(19)13-8-7-12(10-15(13)24-16)25-26(3,20)21/h4-10H,1-3H3/b16-9+. The van der Waals surface area contributed by atoms with Gasteiger partial charge in [0.15, 0.2) is 17.3 Å². The second-order valence-corrected chi connectivity index (χ2v) is 7.04. The van der Waals surface area contributed by atoms with Gasteiger partial charge in [0.25, 0.3) is 0 Å². The molecule has 0 saturated heterocycles. The van der Waals surface area contributed by atoms with Crippen LogP contribution in [-0.2, 0) is 10.1 Å². The Morgan fingerprint density at radius 1 is 1.08 bits per heavy atom. The number of carbonyl (C=O) groups excluding carboxylic acids is 1. The highest BCUT2D eigenvalue weighted by molar-refractivity contribution is 7.86. The SMILES string of the molecule is COc1cccc(/C=C2/Oc3cc(OS(C)(=O)=O)ccc3C2=O)c1OC. The van der Waals surface area contributed by atoms with Crippen LogP contribution in [0.5, 0.6) is 23.0 Å². The quantitative estimate of drug-likeness (QED) is 0.585. The molecule has 0 atom stereocenters. The number of ether oxygens (including phenoxy) is 3. The number of ketones is 1. The number of para-hydroxylation sites is 1. The van der Waals surface area contributed by atoms with Gasteiger partial charge < -0.3 is 18.4 Å². The van der Waals surface area contributed by atoms with E-state index in [0.29, 0.717) is 22.6 Å². The van der Waals surface area contributed by atoms with Gasteiger partial charge in [0.2, 0.25) is 5.78 Å². The molecular weight excluding hydrogens is 360 g/mol. The molecule has 0 aromatic heterocycles. The van der Waals surface area contributed by atoms with E-state index in [0.717, 1.165) is 6.26 Å². The Bertz CT molecular complexity index is 1010. The Morgan fingerprint density at radius 3 is 2.50 bits per heavy atom. The highest BCUT2D eigenvalue weighted by Gasteiger charge is 2.28. The fourth-order valence-electron chi connectivity index (χ4n) is 2.56. The lowest BCUT2D eigenvalue weighted by molar-refractivity contribution is 0.101. The predicted octanol–water partition coefficient (Wildman–Crippen LogP) is 2.66. The number of hydrogen-bond acceptors (Lipinski definition) is 7. The van der Waals surface area contributed by atoms with Crippen LogP contribution in [0.1, 0.15) is 15.9 Å². The van der Waals surface area contributed by atoms with Crippen molar-refractivity contribution >= 4 is 22.0 Å².